The van der Waals surface area contributed by atoms with Gasteiger partial charge in [-0.25, -0.2) is 0 Å². The second kappa shape index (κ2) is 6.48. The molecule has 26 heavy (non-hydrogen) atoms. The van der Waals surface area contributed by atoms with Crippen molar-refractivity contribution >= 4 is 28.6 Å². The number of nitro benzene ring substituents is 1. The Morgan fingerprint density at radius 2 is 1.92 bits per heavy atom. The lowest BCUT2D eigenvalue weighted by molar-refractivity contribution is -0.385. The molecule has 2 heterocycles. The normalized spacial score (nSPS) is 13.9. The minimum atomic E-state index is -0.441. The number of nitrogens with one attached hydrogen (secondary N) is 1. The molecule has 1 amide bonds. The Labute approximate surface area is 149 Å². The van der Waals surface area contributed by atoms with E-state index in [0.717, 1.165) is 22.9 Å². The molecule has 6 nitrogen and oxygen atoms in total. The van der Waals surface area contributed by atoms with Crippen LogP contribution in [0.4, 0.5) is 5.69 Å². The van der Waals surface area contributed by atoms with Crippen LogP contribution in [0.2, 0.25) is 0 Å². The van der Waals surface area contributed by atoms with E-state index in [0.29, 0.717) is 18.7 Å². The third-order valence-corrected chi connectivity index (χ3v) is 4.73. The van der Waals surface area contributed by atoms with E-state index < -0.39 is 4.92 Å². The van der Waals surface area contributed by atoms with Gasteiger partial charge in [0, 0.05) is 53.8 Å². The van der Waals surface area contributed by atoms with Crippen molar-refractivity contribution in [1.29, 1.82) is 0 Å². The molecule has 1 aromatic heterocycles. The Kier molecular flexibility index (Phi) is 4.01. The van der Waals surface area contributed by atoms with Gasteiger partial charge in [0.15, 0.2) is 0 Å². The van der Waals surface area contributed by atoms with Gasteiger partial charge in [0.05, 0.1) is 10.5 Å². The van der Waals surface area contributed by atoms with E-state index in [1.807, 2.05) is 18.2 Å². The Morgan fingerprint density at radius 3 is 2.77 bits per heavy atom. The SMILES string of the molecule is O=C(/C=C/c1ccccc1[N+](=O)[O-])N1CCc2[nH]c3ccccc3c2C1. The van der Waals surface area contributed by atoms with Gasteiger partial charge in [-0.15, -0.1) is 0 Å². The fraction of sp³-hybridized carbons (Fsp3) is 0.150. The standard InChI is InChI=1S/C20H17N3O3/c24-20(10-9-14-5-1-4-8-19(14)23(25)26)22-12-11-18-16(13-22)15-6-2-3-7-17(15)21-18/h1-10,21H,11-13H2/b10-9+. The summed E-state index contributed by atoms with van der Waals surface area (Å²) in [6.07, 6.45) is 3.71. The maximum Gasteiger partial charge on any atom is 0.276 e. The largest absolute Gasteiger partial charge is 0.358 e. The van der Waals surface area contributed by atoms with Crippen molar-refractivity contribution in [3.05, 3.63) is 81.5 Å². The number of aromatic nitrogens is 1. The third kappa shape index (κ3) is 2.86. The summed E-state index contributed by atoms with van der Waals surface area (Å²) < 4.78 is 0. The zero-order chi connectivity index (χ0) is 18.1. The molecule has 0 saturated heterocycles. The van der Waals surface area contributed by atoms with E-state index in [9.17, 15) is 14.9 Å². The van der Waals surface area contributed by atoms with Crippen LogP contribution >= 0.6 is 0 Å². The van der Waals surface area contributed by atoms with E-state index in [2.05, 4.69) is 11.1 Å². The van der Waals surface area contributed by atoms with E-state index in [-0.39, 0.29) is 11.6 Å². The molecular weight excluding hydrogens is 330 g/mol. The van der Waals surface area contributed by atoms with E-state index in [4.69, 9.17) is 0 Å². The number of aromatic amines is 1. The summed E-state index contributed by atoms with van der Waals surface area (Å²) in [5.74, 6) is -0.140. The van der Waals surface area contributed by atoms with E-state index in [1.54, 1.807) is 23.1 Å². The fourth-order valence-electron chi connectivity index (χ4n) is 3.42. The Morgan fingerprint density at radius 1 is 1.15 bits per heavy atom. The van der Waals surface area contributed by atoms with Crippen LogP contribution in [0.3, 0.4) is 0 Å². The second-order valence-corrected chi connectivity index (χ2v) is 6.29. The van der Waals surface area contributed by atoms with Gasteiger partial charge in [-0.3, -0.25) is 14.9 Å². The Balaban J connectivity index is 1.56. The highest BCUT2D eigenvalue weighted by molar-refractivity contribution is 5.93. The topological polar surface area (TPSA) is 79.2 Å². The molecule has 0 spiro atoms. The molecule has 0 bridgehead atoms. The number of hydrogen-bond acceptors (Lipinski definition) is 3. The number of nitrogens with zero attached hydrogens (tertiary/aromatic N) is 2. The lowest BCUT2D eigenvalue weighted by Gasteiger charge is -2.26. The summed E-state index contributed by atoms with van der Waals surface area (Å²) in [6, 6.07) is 14.5. The van der Waals surface area contributed by atoms with Crippen molar-refractivity contribution < 1.29 is 9.72 Å². The number of carbonyl (C=O) groups is 1. The van der Waals surface area contributed by atoms with Crippen molar-refractivity contribution in [3.63, 3.8) is 0 Å². The van der Waals surface area contributed by atoms with Gasteiger partial charge in [-0.05, 0) is 18.2 Å². The summed E-state index contributed by atoms with van der Waals surface area (Å²) in [5, 5.41) is 12.2. The van der Waals surface area contributed by atoms with Gasteiger partial charge >= 0.3 is 0 Å². The summed E-state index contributed by atoms with van der Waals surface area (Å²) in [5.41, 5.74) is 3.84. The van der Waals surface area contributed by atoms with E-state index in [1.165, 1.54) is 23.9 Å². The van der Waals surface area contributed by atoms with Crippen LogP contribution in [0.1, 0.15) is 16.8 Å². The number of nitro groups is 1. The number of rotatable bonds is 3. The molecule has 2 aromatic carbocycles. The van der Waals surface area contributed by atoms with Gasteiger partial charge in [0.1, 0.15) is 0 Å². The minimum Gasteiger partial charge on any atom is -0.358 e. The molecule has 130 valence electrons. The zero-order valence-corrected chi connectivity index (χ0v) is 14.0. The van der Waals surface area contributed by atoms with Crippen LogP contribution in [0.5, 0.6) is 0 Å². The van der Waals surface area contributed by atoms with Gasteiger partial charge in [0.25, 0.3) is 5.69 Å². The number of para-hydroxylation sites is 2. The highest BCUT2D eigenvalue weighted by Crippen LogP contribution is 2.28. The van der Waals surface area contributed by atoms with Gasteiger partial charge in [-0.1, -0.05) is 30.3 Å². The third-order valence-electron chi connectivity index (χ3n) is 4.73. The van der Waals surface area contributed by atoms with Crippen molar-refractivity contribution in [1.82, 2.24) is 9.88 Å². The molecule has 0 atom stereocenters. The average molecular weight is 347 g/mol. The first kappa shape index (κ1) is 16.1. The molecule has 3 aromatic rings. The predicted molar refractivity (Wildman–Crippen MR) is 99.6 cm³/mol. The molecule has 1 N–H and O–H groups in total. The first-order valence-corrected chi connectivity index (χ1v) is 8.42. The number of amides is 1. The lowest BCUT2D eigenvalue weighted by atomic mass is 10.0. The molecule has 1 aliphatic heterocycles. The number of H-pyrrole nitrogens is 1. The number of fused-ring (bicyclic) bond motifs is 3. The maximum atomic E-state index is 12.6. The highest BCUT2D eigenvalue weighted by Gasteiger charge is 2.22. The molecule has 0 unspecified atom stereocenters. The van der Waals surface area contributed by atoms with Gasteiger partial charge < -0.3 is 9.88 Å². The zero-order valence-electron chi connectivity index (χ0n) is 14.0. The van der Waals surface area contributed by atoms with Crippen molar-refractivity contribution in [2.75, 3.05) is 6.54 Å². The summed E-state index contributed by atoms with van der Waals surface area (Å²) in [4.78, 5) is 28.4. The van der Waals surface area contributed by atoms with Crippen LogP contribution in [0, 0.1) is 10.1 Å². The molecule has 0 aliphatic carbocycles. The second-order valence-electron chi connectivity index (χ2n) is 6.29. The van der Waals surface area contributed by atoms with E-state index >= 15 is 0 Å². The number of hydrogen-bond donors (Lipinski definition) is 1. The number of carbonyl (C=O) groups excluding carboxylic acids is 1. The highest BCUT2D eigenvalue weighted by atomic mass is 16.6. The molecule has 6 heteroatoms. The van der Waals surface area contributed by atoms with Gasteiger partial charge in [0.2, 0.25) is 5.91 Å². The monoisotopic (exact) mass is 347 g/mol. The lowest BCUT2D eigenvalue weighted by Crippen LogP contribution is -2.34. The first-order valence-electron chi connectivity index (χ1n) is 8.42. The summed E-state index contributed by atoms with van der Waals surface area (Å²) >= 11 is 0. The molecule has 0 fully saturated rings. The van der Waals surface area contributed by atoms with Crippen LogP contribution < -0.4 is 0 Å². The van der Waals surface area contributed by atoms with Crippen LogP contribution in [0.25, 0.3) is 17.0 Å². The Hall–Kier alpha value is -3.41. The average Bonchev–Trinajstić information content (AvgIpc) is 3.04. The quantitative estimate of drug-likeness (QED) is 0.446. The molecule has 0 saturated carbocycles. The van der Waals surface area contributed by atoms with Crippen LogP contribution in [-0.4, -0.2) is 27.3 Å². The smallest absolute Gasteiger partial charge is 0.276 e. The molecule has 0 radical (unpaired) electrons. The number of benzene rings is 2. The van der Waals surface area contributed by atoms with Crippen molar-refractivity contribution in [2.24, 2.45) is 0 Å². The van der Waals surface area contributed by atoms with Crippen molar-refractivity contribution in [3.8, 4) is 0 Å². The van der Waals surface area contributed by atoms with Crippen molar-refractivity contribution in [2.45, 2.75) is 13.0 Å². The van der Waals surface area contributed by atoms with Crippen LogP contribution in [-0.2, 0) is 17.8 Å². The molecule has 4 rings (SSSR count). The summed E-state index contributed by atoms with van der Waals surface area (Å²) in [7, 11) is 0. The first-order chi connectivity index (χ1) is 12.6. The summed E-state index contributed by atoms with van der Waals surface area (Å²) in [6.45, 7) is 1.17. The molecule has 1 aliphatic rings. The van der Waals surface area contributed by atoms with Gasteiger partial charge in [-0.2, -0.15) is 0 Å². The maximum absolute atomic E-state index is 12.6. The fourth-order valence-corrected chi connectivity index (χ4v) is 3.42. The van der Waals surface area contributed by atoms with Crippen LogP contribution in [0.15, 0.2) is 54.6 Å². The minimum absolute atomic E-state index is 0.00545. The predicted octanol–water partition coefficient (Wildman–Crippen LogP) is 3.67. The Bertz CT molecular complexity index is 1040. The molecular formula is C20H17N3O3.